The zero-order valence-corrected chi connectivity index (χ0v) is 17.5. The normalized spacial score (nSPS) is 20.2. The van der Waals surface area contributed by atoms with E-state index in [0.717, 1.165) is 0 Å². The average Bonchev–Trinajstić information content (AvgIpc) is 2.89. The molecule has 11 heteroatoms. The van der Waals surface area contributed by atoms with Crippen LogP contribution in [-0.2, 0) is 14.4 Å². The molecule has 2 heterocycles. The molecule has 1 aromatic rings. The third kappa shape index (κ3) is 5.86. The number of hydrogen-bond donors (Lipinski definition) is 2. The van der Waals surface area contributed by atoms with Crippen LogP contribution in [0, 0.1) is 0 Å². The lowest BCUT2D eigenvalue weighted by Gasteiger charge is -2.37. The third-order valence-electron chi connectivity index (χ3n) is 5.41. The van der Waals surface area contributed by atoms with E-state index in [0.29, 0.717) is 37.6 Å². The highest BCUT2D eigenvalue weighted by Crippen LogP contribution is 2.37. The summed E-state index contributed by atoms with van der Waals surface area (Å²) >= 11 is 0. The number of alkyl halides is 3. The van der Waals surface area contributed by atoms with Gasteiger partial charge in [-0.2, -0.15) is 13.2 Å². The smallest absolute Gasteiger partial charge is 0.352 e. The van der Waals surface area contributed by atoms with E-state index >= 15 is 0 Å². The first kappa shape index (κ1) is 23.7. The maximum atomic E-state index is 13.8. The Kier molecular flexibility index (Phi) is 7.52. The molecule has 0 aromatic heterocycles. The first-order chi connectivity index (χ1) is 15.2. The minimum Gasteiger partial charge on any atom is -0.352 e. The Morgan fingerprint density at radius 1 is 1.12 bits per heavy atom. The molecule has 174 valence electrons. The molecule has 0 unspecified atom stereocenters. The molecule has 0 saturated carbocycles. The second kappa shape index (κ2) is 10.1. The fraction of sp³-hybridized carbons (Fsp3) is 0.476. The Morgan fingerprint density at radius 2 is 1.75 bits per heavy atom. The third-order valence-corrected chi connectivity index (χ3v) is 5.41. The van der Waals surface area contributed by atoms with E-state index in [1.54, 1.807) is 17.0 Å². The summed E-state index contributed by atoms with van der Waals surface area (Å²) in [5.41, 5.74) is 0.205. The quantitative estimate of drug-likeness (QED) is 0.633. The number of nitrogens with zero attached hydrogens (tertiary/aromatic N) is 3. The van der Waals surface area contributed by atoms with Gasteiger partial charge in [-0.05, 0) is 12.1 Å². The minimum absolute atomic E-state index is 0.0307. The molecule has 3 amide bonds. The Morgan fingerprint density at radius 3 is 2.38 bits per heavy atom. The Balaban J connectivity index is 1.68. The number of rotatable bonds is 6. The predicted molar refractivity (Wildman–Crippen MR) is 113 cm³/mol. The maximum absolute atomic E-state index is 13.8. The lowest BCUT2D eigenvalue weighted by Crippen LogP contribution is -2.55. The molecule has 3 rings (SSSR count). The number of carbonyl (C=O) groups excluding carboxylic acids is 3. The summed E-state index contributed by atoms with van der Waals surface area (Å²) in [6.07, 6.45) is -4.04. The van der Waals surface area contributed by atoms with E-state index in [4.69, 9.17) is 0 Å². The predicted octanol–water partition coefficient (Wildman–Crippen LogP) is 1.21. The fourth-order valence-electron chi connectivity index (χ4n) is 3.81. The number of anilines is 2. The number of hydrogen-bond acceptors (Lipinski definition) is 5. The summed E-state index contributed by atoms with van der Waals surface area (Å²) in [6, 6.07) is 3.74. The van der Waals surface area contributed by atoms with Crippen LogP contribution in [0.1, 0.15) is 6.42 Å². The molecule has 0 radical (unpaired) electrons. The molecule has 1 atom stereocenters. The molecule has 0 aliphatic carbocycles. The Labute approximate surface area is 184 Å². The highest BCUT2D eigenvalue weighted by molar-refractivity contribution is 6.05. The second-order valence-corrected chi connectivity index (χ2v) is 7.74. The zero-order chi connectivity index (χ0) is 23.3. The molecule has 2 aliphatic heterocycles. The van der Waals surface area contributed by atoms with Gasteiger partial charge in [0.25, 0.3) is 0 Å². The number of nitrogens with one attached hydrogen (secondary N) is 2. The van der Waals surface area contributed by atoms with Gasteiger partial charge in [0.1, 0.15) is 6.04 Å². The molecule has 2 aliphatic rings. The summed E-state index contributed by atoms with van der Waals surface area (Å²) in [4.78, 5) is 41.3. The average molecular weight is 453 g/mol. The Hall–Kier alpha value is -2.92. The van der Waals surface area contributed by atoms with Gasteiger partial charge in [0.05, 0.1) is 30.9 Å². The lowest BCUT2D eigenvalue weighted by molar-refractivity contribution is -0.158. The summed E-state index contributed by atoms with van der Waals surface area (Å²) in [5.74, 6) is -1.66. The minimum atomic E-state index is -4.76. The fourth-order valence-corrected chi connectivity index (χ4v) is 3.81. The van der Waals surface area contributed by atoms with Crippen LogP contribution in [0.3, 0.4) is 0 Å². The van der Waals surface area contributed by atoms with Crippen molar-refractivity contribution in [3.8, 4) is 0 Å². The van der Waals surface area contributed by atoms with Gasteiger partial charge < -0.3 is 10.6 Å². The van der Waals surface area contributed by atoms with Gasteiger partial charge in [-0.25, -0.2) is 0 Å². The van der Waals surface area contributed by atoms with Crippen LogP contribution < -0.4 is 15.5 Å². The number of benzene rings is 1. The topological polar surface area (TPSA) is 85.0 Å². The second-order valence-electron chi connectivity index (χ2n) is 7.74. The summed E-state index contributed by atoms with van der Waals surface area (Å²) in [5, 5.41) is 5.15. The standard InChI is InChI=1S/C21H26F3N5O3/c1-2-7-25-19(31)13-27-8-10-28(11-9-27)14-20(32)29-16-6-4-3-5-15(16)26-18(30)12-17(29)21(22,23)24/h2-6,17H,1,7-14H2,(H,25,31)(H,26,30)/t17-/m1/s1. The summed E-state index contributed by atoms with van der Waals surface area (Å²) < 4.78 is 41.4. The highest BCUT2D eigenvalue weighted by Gasteiger charge is 2.49. The van der Waals surface area contributed by atoms with Gasteiger partial charge in [-0.1, -0.05) is 18.2 Å². The molecule has 8 nitrogen and oxygen atoms in total. The van der Waals surface area contributed by atoms with Crippen molar-refractivity contribution in [1.29, 1.82) is 0 Å². The van der Waals surface area contributed by atoms with E-state index in [9.17, 15) is 27.6 Å². The zero-order valence-electron chi connectivity index (χ0n) is 17.5. The van der Waals surface area contributed by atoms with Crippen molar-refractivity contribution in [3.05, 3.63) is 36.9 Å². The van der Waals surface area contributed by atoms with Crippen molar-refractivity contribution in [2.24, 2.45) is 0 Å². The number of halogens is 3. The van der Waals surface area contributed by atoms with Crippen molar-refractivity contribution < 1.29 is 27.6 Å². The van der Waals surface area contributed by atoms with Gasteiger partial charge in [0.2, 0.25) is 17.7 Å². The first-order valence-electron chi connectivity index (χ1n) is 10.3. The first-order valence-corrected chi connectivity index (χ1v) is 10.3. The lowest BCUT2D eigenvalue weighted by atomic mass is 10.1. The molecule has 1 fully saturated rings. The Bertz CT molecular complexity index is 868. The van der Waals surface area contributed by atoms with Gasteiger partial charge in [-0.3, -0.25) is 29.1 Å². The van der Waals surface area contributed by atoms with E-state index in [1.165, 1.54) is 18.2 Å². The molecule has 32 heavy (non-hydrogen) atoms. The van der Waals surface area contributed by atoms with Crippen LogP contribution in [-0.4, -0.2) is 85.6 Å². The molecule has 0 spiro atoms. The summed E-state index contributed by atoms with van der Waals surface area (Å²) in [7, 11) is 0. The van der Waals surface area contributed by atoms with Crippen LogP contribution >= 0.6 is 0 Å². The van der Waals surface area contributed by atoms with Gasteiger partial charge >= 0.3 is 6.18 Å². The largest absolute Gasteiger partial charge is 0.409 e. The van der Waals surface area contributed by atoms with E-state index in [1.807, 2.05) is 4.90 Å². The maximum Gasteiger partial charge on any atom is 0.409 e. The van der Waals surface area contributed by atoms with Crippen molar-refractivity contribution in [3.63, 3.8) is 0 Å². The number of fused-ring (bicyclic) bond motifs is 1. The molecule has 1 saturated heterocycles. The molecule has 2 N–H and O–H groups in total. The van der Waals surface area contributed by atoms with Crippen LogP contribution in [0.25, 0.3) is 0 Å². The number of carbonyl (C=O) groups is 3. The SMILES string of the molecule is C=CCNC(=O)CN1CCN(CC(=O)N2c3ccccc3NC(=O)C[C@@H]2C(F)(F)F)CC1. The van der Waals surface area contributed by atoms with E-state index < -0.39 is 30.5 Å². The number of amides is 3. The van der Waals surface area contributed by atoms with Crippen LogP contribution in [0.15, 0.2) is 36.9 Å². The van der Waals surface area contributed by atoms with E-state index in [2.05, 4.69) is 17.2 Å². The van der Waals surface area contributed by atoms with Crippen LogP contribution in [0.2, 0.25) is 0 Å². The molecule has 1 aromatic carbocycles. The van der Waals surface area contributed by atoms with Crippen LogP contribution in [0.4, 0.5) is 24.5 Å². The van der Waals surface area contributed by atoms with E-state index in [-0.39, 0.29) is 30.4 Å². The van der Waals surface area contributed by atoms with Crippen molar-refractivity contribution in [2.75, 3.05) is 56.0 Å². The highest BCUT2D eigenvalue weighted by atomic mass is 19.4. The molecule has 0 bridgehead atoms. The van der Waals surface area contributed by atoms with Crippen molar-refractivity contribution in [2.45, 2.75) is 18.6 Å². The van der Waals surface area contributed by atoms with Gasteiger partial charge in [-0.15, -0.1) is 6.58 Å². The molecular formula is C21H26F3N5O3. The van der Waals surface area contributed by atoms with Gasteiger partial charge in [0, 0.05) is 32.7 Å². The van der Waals surface area contributed by atoms with Crippen molar-refractivity contribution in [1.82, 2.24) is 15.1 Å². The number of para-hydroxylation sites is 2. The number of piperazine rings is 1. The monoisotopic (exact) mass is 453 g/mol. The van der Waals surface area contributed by atoms with Crippen LogP contribution in [0.5, 0.6) is 0 Å². The summed E-state index contributed by atoms with van der Waals surface area (Å²) in [6.45, 7) is 5.79. The molecular weight excluding hydrogens is 427 g/mol. The van der Waals surface area contributed by atoms with Crippen molar-refractivity contribution >= 4 is 29.1 Å². The van der Waals surface area contributed by atoms with Gasteiger partial charge in [0.15, 0.2) is 0 Å².